The van der Waals surface area contributed by atoms with Gasteiger partial charge < -0.3 is 19.5 Å². The molecule has 1 atom stereocenters. The molecular weight excluding hydrogens is 344 g/mol. The lowest BCUT2D eigenvalue weighted by molar-refractivity contribution is 0.0569. The lowest BCUT2D eigenvalue weighted by atomic mass is 9.87. The molecule has 0 spiro atoms. The van der Waals surface area contributed by atoms with E-state index in [1.807, 2.05) is 6.07 Å². The number of benzene rings is 2. The SMILES string of the molecule is [2H]C([2H])([18F])Oc1cccc(C(O)C2CCN(CCc3ccccc3)CC2)c1OC. The smallest absolute Gasteiger partial charge is 0.228 e. The van der Waals surface area contributed by atoms with E-state index in [2.05, 4.69) is 29.2 Å². The number of ether oxygens (including phenoxy) is 2. The minimum absolute atomic E-state index is 0.0502. The van der Waals surface area contributed by atoms with Gasteiger partial charge in [0.1, 0.15) is 2.74 Å². The molecule has 0 aromatic heterocycles. The van der Waals surface area contributed by atoms with Crippen molar-refractivity contribution in [2.24, 2.45) is 5.92 Å². The van der Waals surface area contributed by atoms with Crippen LogP contribution in [0.2, 0.25) is 0 Å². The number of alkyl halides is 1. The van der Waals surface area contributed by atoms with E-state index >= 15 is 0 Å². The summed E-state index contributed by atoms with van der Waals surface area (Å²) >= 11 is 0. The average Bonchev–Trinajstić information content (AvgIpc) is 2.71. The quantitative estimate of drug-likeness (QED) is 0.759. The molecule has 1 unspecified atom stereocenters. The van der Waals surface area contributed by atoms with Crippen molar-refractivity contribution in [1.82, 2.24) is 4.90 Å². The third kappa shape index (κ3) is 4.99. The number of nitrogens with zero attached hydrogens (tertiary/aromatic N) is 1. The van der Waals surface area contributed by atoms with Crippen LogP contribution in [0.3, 0.4) is 0 Å². The van der Waals surface area contributed by atoms with E-state index in [4.69, 9.17) is 12.2 Å². The Morgan fingerprint density at radius 3 is 2.59 bits per heavy atom. The van der Waals surface area contributed by atoms with Crippen molar-refractivity contribution >= 4 is 0 Å². The molecule has 0 amide bonds. The Morgan fingerprint density at radius 2 is 1.93 bits per heavy atom. The molecule has 2 aromatic rings. The molecule has 146 valence electrons. The van der Waals surface area contributed by atoms with Gasteiger partial charge in [0, 0.05) is 12.1 Å². The second-order valence-electron chi connectivity index (χ2n) is 6.92. The van der Waals surface area contributed by atoms with Gasteiger partial charge in [0.25, 0.3) is 0 Å². The summed E-state index contributed by atoms with van der Waals surface area (Å²) in [7, 11) is 1.40. The molecule has 1 fully saturated rings. The molecule has 0 saturated carbocycles. The summed E-state index contributed by atoms with van der Waals surface area (Å²) < 4.78 is 37.3. The Kier molecular flexibility index (Phi) is 6.13. The van der Waals surface area contributed by atoms with E-state index in [-0.39, 0.29) is 17.4 Å². The fourth-order valence-corrected chi connectivity index (χ4v) is 3.78. The maximum atomic E-state index is 13.3. The lowest BCUT2D eigenvalue weighted by Crippen LogP contribution is -2.36. The number of halogens is 1. The van der Waals surface area contributed by atoms with E-state index in [0.717, 1.165) is 38.9 Å². The van der Waals surface area contributed by atoms with Crippen LogP contribution < -0.4 is 9.47 Å². The van der Waals surface area contributed by atoms with Gasteiger partial charge >= 0.3 is 0 Å². The van der Waals surface area contributed by atoms with Crippen molar-refractivity contribution in [3.63, 3.8) is 0 Å². The van der Waals surface area contributed by atoms with Crippen LogP contribution in [0.1, 0.15) is 32.8 Å². The fraction of sp³-hybridized carbons (Fsp3) is 0.455. The first-order chi connectivity index (χ1) is 13.9. The molecule has 1 N–H and O–H groups in total. The molecule has 0 radical (unpaired) electrons. The number of methoxy groups -OCH3 is 1. The summed E-state index contributed by atoms with van der Waals surface area (Å²) in [5.41, 5.74) is 1.82. The lowest BCUT2D eigenvalue weighted by Gasteiger charge is -2.34. The number of rotatable bonds is 8. The first-order valence-corrected chi connectivity index (χ1v) is 9.36. The van der Waals surface area contributed by atoms with E-state index in [0.29, 0.717) is 5.56 Å². The maximum Gasteiger partial charge on any atom is 0.228 e. The van der Waals surface area contributed by atoms with Gasteiger partial charge in [0.05, 0.1) is 13.2 Å². The van der Waals surface area contributed by atoms with Crippen LogP contribution >= 0.6 is 0 Å². The van der Waals surface area contributed by atoms with Crippen molar-refractivity contribution in [3.8, 4) is 11.5 Å². The van der Waals surface area contributed by atoms with Crippen LogP contribution in [0.25, 0.3) is 0 Å². The topological polar surface area (TPSA) is 41.9 Å². The minimum atomic E-state index is -3.32. The number of aliphatic hydroxyl groups is 1. The zero-order chi connectivity index (χ0) is 20.9. The second-order valence-corrected chi connectivity index (χ2v) is 6.92. The standard InChI is InChI=1S/C22H28FNO3/c1-26-22-19(8-5-9-20(22)27-16-23)21(25)18-11-14-24(15-12-18)13-10-17-6-3-2-4-7-17/h2-9,18,21,25H,10-16H2,1H3/i16D2,23-1. The van der Waals surface area contributed by atoms with Crippen LogP contribution in [-0.2, 0) is 6.42 Å². The second kappa shape index (κ2) is 9.72. The fourth-order valence-electron chi connectivity index (χ4n) is 3.78. The summed E-state index contributed by atoms with van der Waals surface area (Å²) in [5, 5.41) is 10.9. The van der Waals surface area contributed by atoms with Crippen LogP contribution in [0, 0.1) is 5.92 Å². The predicted molar refractivity (Wildman–Crippen MR) is 104 cm³/mol. The number of hydrogen-bond donors (Lipinski definition) is 1. The number of aliphatic hydroxyl groups excluding tert-OH is 1. The number of hydrogen-bond acceptors (Lipinski definition) is 4. The Bertz CT molecular complexity index is 777. The molecule has 5 heteroatoms. The Morgan fingerprint density at radius 1 is 1.19 bits per heavy atom. The Labute approximate surface area is 163 Å². The average molecular weight is 374 g/mol. The minimum Gasteiger partial charge on any atom is -0.492 e. The molecule has 27 heavy (non-hydrogen) atoms. The molecule has 2 aromatic carbocycles. The van der Waals surface area contributed by atoms with E-state index in [1.165, 1.54) is 18.7 Å². The summed E-state index contributed by atoms with van der Waals surface area (Å²) in [4.78, 5) is 2.41. The van der Waals surface area contributed by atoms with Crippen LogP contribution in [-0.4, -0.2) is 43.6 Å². The van der Waals surface area contributed by atoms with Crippen molar-refractivity contribution in [2.75, 3.05) is 33.6 Å². The van der Waals surface area contributed by atoms with Gasteiger partial charge in [0.15, 0.2) is 11.5 Å². The summed E-state index contributed by atoms with van der Waals surface area (Å²) in [5.74, 6) is 0.166. The molecule has 3 rings (SSSR count). The van der Waals surface area contributed by atoms with Crippen LogP contribution in [0.5, 0.6) is 11.5 Å². The zero-order valence-corrected chi connectivity index (χ0v) is 15.6. The third-order valence-electron chi connectivity index (χ3n) is 5.32. The first kappa shape index (κ1) is 17.0. The zero-order valence-electron chi connectivity index (χ0n) is 17.6. The number of likely N-dealkylation sites (tertiary alicyclic amines) is 1. The summed E-state index contributed by atoms with van der Waals surface area (Å²) in [6, 6.07) is 15.2. The molecule has 1 heterocycles. The van der Waals surface area contributed by atoms with E-state index in [9.17, 15) is 9.50 Å². The normalized spacial score (nSPS) is 18.5. The highest BCUT2D eigenvalue weighted by Gasteiger charge is 2.29. The largest absolute Gasteiger partial charge is 0.492 e. The highest BCUT2D eigenvalue weighted by atomic mass is 18.2. The Hall–Kier alpha value is -2.11. The van der Waals surface area contributed by atoms with Gasteiger partial charge in [-0.15, -0.1) is 0 Å². The van der Waals surface area contributed by atoms with Gasteiger partial charge in [-0.1, -0.05) is 42.5 Å². The molecule has 1 saturated heterocycles. The van der Waals surface area contributed by atoms with Gasteiger partial charge in [-0.25, -0.2) is 4.39 Å². The van der Waals surface area contributed by atoms with Gasteiger partial charge in [-0.2, -0.15) is 0 Å². The van der Waals surface area contributed by atoms with E-state index < -0.39 is 12.9 Å². The van der Waals surface area contributed by atoms with Gasteiger partial charge in [-0.3, -0.25) is 0 Å². The molecule has 0 aliphatic carbocycles. The van der Waals surface area contributed by atoms with Crippen molar-refractivity contribution in [1.29, 1.82) is 0 Å². The van der Waals surface area contributed by atoms with Gasteiger partial charge in [-0.05, 0) is 49.9 Å². The maximum absolute atomic E-state index is 13.3. The monoisotopic (exact) mass is 374 g/mol. The predicted octanol–water partition coefficient (Wildman–Crippen LogP) is 3.99. The third-order valence-corrected chi connectivity index (χ3v) is 5.32. The summed E-state index contributed by atoms with van der Waals surface area (Å²) in [6.07, 6.45) is 1.91. The highest BCUT2D eigenvalue weighted by Crippen LogP contribution is 2.40. The molecule has 1 aliphatic heterocycles. The first-order valence-electron chi connectivity index (χ1n) is 10.4. The number of piperidine rings is 1. The van der Waals surface area contributed by atoms with Crippen LogP contribution in [0.15, 0.2) is 48.5 Å². The van der Waals surface area contributed by atoms with Crippen molar-refractivity contribution in [3.05, 3.63) is 59.7 Å². The number of para-hydroxylation sites is 1. The van der Waals surface area contributed by atoms with Crippen LogP contribution in [0.4, 0.5) is 4.39 Å². The summed E-state index contributed by atoms with van der Waals surface area (Å²) in [6.45, 7) is -0.522. The molecule has 1 aliphatic rings. The van der Waals surface area contributed by atoms with Crippen molar-refractivity contribution in [2.45, 2.75) is 25.4 Å². The molecule has 4 nitrogen and oxygen atoms in total. The molecule has 0 bridgehead atoms. The van der Waals surface area contributed by atoms with Crippen molar-refractivity contribution < 1.29 is 21.7 Å². The van der Waals surface area contributed by atoms with Gasteiger partial charge in [0.2, 0.25) is 6.81 Å². The van der Waals surface area contributed by atoms with E-state index in [1.54, 1.807) is 12.1 Å². The highest BCUT2D eigenvalue weighted by molar-refractivity contribution is 5.47. The molecular formula is C22H28FNO3. The Balaban J connectivity index is 1.60.